The highest BCUT2D eigenvalue weighted by Gasteiger charge is 2.14. The lowest BCUT2D eigenvalue weighted by Gasteiger charge is -2.08. The van der Waals surface area contributed by atoms with Crippen LogP contribution in [0, 0.1) is 0 Å². The van der Waals surface area contributed by atoms with Crippen LogP contribution in [0.3, 0.4) is 0 Å². The number of hydrogen-bond acceptors (Lipinski definition) is 3. The van der Waals surface area contributed by atoms with Crippen LogP contribution in [-0.4, -0.2) is 30.3 Å². The number of ether oxygens (including phenoxy) is 1. The van der Waals surface area contributed by atoms with Gasteiger partial charge in [0.2, 0.25) is 5.91 Å². The molecule has 0 unspecified atom stereocenters. The molecular formula is C26H26N2O2S. The van der Waals surface area contributed by atoms with E-state index in [1.807, 2.05) is 36.4 Å². The summed E-state index contributed by atoms with van der Waals surface area (Å²) in [6, 6.07) is 26.5. The molecule has 4 nitrogen and oxygen atoms in total. The minimum absolute atomic E-state index is 0.0961. The molecule has 1 amide bonds. The summed E-state index contributed by atoms with van der Waals surface area (Å²) >= 11 is 1.77. The van der Waals surface area contributed by atoms with E-state index in [4.69, 9.17) is 4.74 Å². The van der Waals surface area contributed by atoms with E-state index in [9.17, 15) is 4.79 Å². The first kappa shape index (κ1) is 21.1. The minimum Gasteiger partial charge on any atom is -0.497 e. The lowest BCUT2D eigenvalue weighted by molar-refractivity contribution is -0.120. The molecule has 1 heterocycles. The summed E-state index contributed by atoms with van der Waals surface area (Å²) in [6.45, 7) is 0.639. The van der Waals surface area contributed by atoms with Gasteiger partial charge in [0.1, 0.15) is 5.75 Å². The monoisotopic (exact) mass is 430 g/mol. The molecule has 0 aliphatic carbocycles. The largest absolute Gasteiger partial charge is 0.497 e. The highest BCUT2D eigenvalue weighted by atomic mass is 32.2. The van der Waals surface area contributed by atoms with Crippen LogP contribution in [0.1, 0.15) is 12.0 Å². The van der Waals surface area contributed by atoms with Gasteiger partial charge in [0.15, 0.2) is 0 Å². The maximum atomic E-state index is 12.2. The van der Waals surface area contributed by atoms with Gasteiger partial charge in [0, 0.05) is 34.5 Å². The average Bonchev–Trinajstić information content (AvgIpc) is 3.20. The molecule has 0 aliphatic rings. The maximum absolute atomic E-state index is 12.2. The Bertz CT molecular complexity index is 1140. The van der Waals surface area contributed by atoms with Gasteiger partial charge >= 0.3 is 0 Å². The Morgan fingerprint density at radius 1 is 0.968 bits per heavy atom. The minimum atomic E-state index is 0.0961. The highest BCUT2D eigenvalue weighted by molar-refractivity contribution is 7.99. The number of amides is 1. The van der Waals surface area contributed by atoms with E-state index in [0.717, 1.165) is 34.7 Å². The summed E-state index contributed by atoms with van der Waals surface area (Å²) in [5, 5.41) is 4.25. The zero-order chi connectivity index (χ0) is 21.5. The SMILES string of the molecule is COc1ccc(-c2[nH]c3ccccc3c2SCCNC(=O)CCc2ccccc2)cc1. The number of carbonyl (C=O) groups excluding carboxylic acids is 1. The number of hydrogen-bond donors (Lipinski definition) is 2. The number of methoxy groups -OCH3 is 1. The Kier molecular flexibility index (Phi) is 6.95. The average molecular weight is 431 g/mol. The number of thioether (sulfide) groups is 1. The van der Waals surface area contributed by atoms with Gasteiger partial charge in [-0.25, -0.2) is 0 Å². The standard InChI is InChI=1S/C26H26N2O2S/c1-30-21-14-12-20(13-15-21)25-26(22-9-5-6-10-23(22)28-25)31-18-17-27-24(29)16-11-19-7-3-2-4-8-19/h2-10,12-15,28H,11,16-18H2,1H3,(H,27,29). The normalized spacial score (nSPS) is 10.9. The van der Waals surface area contributed by atoms with Crippen LogP contribution in [0.5, 0.6) is 5.75 Å². The van der Waals surface area contributed by atoms with Crippen molar-refractivity contribution in [3.05, 3.63) is 84.4 Å². The summed E-state index contributed by atoms with van der Waals surface area (Å²) in [5.41, 5.74) is 4.52. The zero-order valence-corrected chi connectivity index (χ0v) is 18.4. The quantitative estimate of drug-likeness (QED) is 0.265. The molecule has 31 heavy (non-hydrogen) atoms. The number of para-hydroxylation sites is 1. The molecule has 0 atom stereocenters. The molecule has 0 radical (unpaired) electrons. The van der Waals surface area contributed by atoms with E-state index in [1.165, 1.54) is 15.8 Å². The molecule has 0 aliphatic heterocycles. The Morgan fingerprint density at radius 3 is 2.48 bits per heavy atom. The second-order valence-electron chi connectivity index (χ2n) is 7.29. The highest BCUT2D eigenvalue weighted by Crippen LogP contribution is 2.37. The van der Waals surface area contributed by atoms with Crippen molar-refractivity contribution in [2.45, 2.75) is 17.7 Å². The number of aromatic amines is 1. The van der Waals surface area contributed by atoms with Crippen molar-refractivity contribution in [1.29, 1.82) is 0 Å². The van der Waals surface area contributed by atoms with Gasteiger partial charge in [0.25, 0.3) is 0 Å². The Labute approximate surface area is 187 Å². The van der Waals surface area contributed by atoms with Gasteiger partial charge in [-0.2, -0.15) is 0 Å². The molecule has 0 fully saturated rings. The van der Waals surface area contributed by atoms with Gasteiger partial charge in [-0.1, -0.05) is 48.5 Å². The molecule has 0 saturated carbocycles. The van der Waals surface area contributed by atoms with Crippen molar-refractivity contribution >= 4 is 28.6 Å². The number of rotatable bonds is 9. The summed E-state index contributed by atoms with van der Waals surface area (Å²) in [6.07, 6.45) is 1.28. The van der Waals surface area contributed by atoms with Crippen LogP contribution in [-0.2, 0) is 11.2 Å². The molecule has 0 bridgehead atoms. The smallest absolute Gasteiger partial charge is 0.220 e. The molecule has 1 aromatic heterocycles. The van der Waals surface area contributed by atoms with Crippen LogP contribution in [0.2, 0.25) is 0 Å². The third-order valence-corrected chi connectivity index (χ3v) is 6.31. The summed E-state index contributed by atoms with van der Waals surface area (Å²) in [7, 11) is 1.67. The first-order valence-corrected chi connectivity index (χ1v) is 11.4. The van der Waals surface area contributed by atoms with E-state index < -0.39 is 0 Å². The van der Waals surface area contributed by atoms with E-state index in [1.54, 1.807) is 18.9 Å². The number of nitrogens with one attached hydrogen (secondary N) is 2. The lowest BCUT2D eigenvalue weighted by Crippen LogP contribution is -2.25. The van der Waals surface area contributed by atoms with E-state index in [-0.39, 0.29) is 5.91 Å². The fourth-order valence-corrected chi connectivity index (χ4v) is 4.62. The number of aromatic nitrogens is 1. The number of fused-ring (bicyclic) bond motifs is 1. The number of H-pyrrole nitrogens is 1. The second kappa shape index (κ2) is 10.2. The molecule has 0 spiro atoms. The van der Waals surface area contributed by atoms with Crippen LogP contribution in [0.15, 0.2) is 83.8 Å². The topological polar surface area (TPSA) is 54.1 Å². The van der Waals surface area contributed by atoms with Crippen molar-refractivity contribution in [2.75, 3.05) is 19.4 Å². The Hall–Kier alpha value is -3.18. The lowest BCUT2D eigenvalue weighted by atomic mass is 10.1. The molecule has 5 heteroatoms. The van der Waals surface area contributed by atoms with Gasteiger partial charge in [0.05, 0.1) is 12.8 Å². The molecule has 0 saturated heterocycles. The first-order chi connectivity index (χ1) is 15.2. The third kappa shape index (κ3) is 5.30. The van der Waals surface area contributed by atoms with Gasteiger partial charge < -0.3 is 15.0 Å². The van der Waals surface area contributed by atoms with Crippen molar-refractivity contribution in [2.24, 2.45) is 0 Å². The third-order valence-electron chi connectivity index (χ3n) is 5.19. The number of carbonyl (C=O) groups is 1. The van der Waals surface area contributed by atoms with Crippen molar-refractivity contribution < 1.29 is 9.53 Å². The van der Waals surface area contributed by atoms with E-state index in [0.29, 0.717) is 13.0 Å². The summed E-state index contributed by atoms with van der Waals surface area (Å²) < 4.78 is 5.29. The van der Waals surface area contributed by atoms with Crippen molar-refractivity contribution in [3.8, 4) is 17.0 Å². The Balaban J connectivity index is 1.39. The van der Waals surface area contributed by atoms with Crippen molar-refractivity contribution in [3.63, 3.8) is 0 Å². The summed E-state index contributed by atoms with van der Waals surface area (Å²) in [4.78, 5) is 17.0. The van der Waals surface area contributed by atoms with E-state index >= 15 is 0 Å². The fraction of sp³-hybridized carbons (Fsp3) is 0.192. The van der Waals surface area contributed by atoms with Crippen LogP contribution in [0.25, 0.3) is 22.2 Å². The van der Waals surface area contributed by atoms with Gasteiger partial charge in [-0.3, -0.25) is 4.79 Å². The van der Waals surface area contributed by atoms with Crippen LogP contribution in [0.4, 0.5) is 0 Å². The van der Waals surface area contributed by atoms with Crippen LogP contribution < -0.4 is 10.1 Å². The molecule has 158 valence electrons. The predicted molar refractivity (Wildman–Crippen MR) is 129 cm³/mol. The molecular weight excluding hydrogens is 404 g/mol. The van der Waals surface area contributed by atoms with Gasteiger partial charge in [-0.05, 0) is 47.9 Å². The first-order valence-electron chi connectivity index (χ1n) is 10.4. The number of aryl methyl sites for hydroxylation is 1. The molecule has 3 aromatic carbocycles. The van der Waals surface area contributed by atoms with E-state index in [2.05, 4.69) is 52.8 Å². The molecule has 4 rings (SSSR count). The number of benzene rings is 3. The fourth-order valence-electron chi connectivity index (χ4n) is 3.56. The molecule has 2 N–H and O–H groups in total. The Morgan fingerprint density at radius 2 is 1.71 bits per heavy atom. The zero-order valence-electron chi connectivity index (χ0n) is 17.6. The van der Waals surface area contributed by atoms with Crippen molar-refractivity contribution in [1.82, 2.24) is 10.3 Å². The predicted octanol–water partition coefficient (Wildman–Crippen LogP) is 5.68. The van der Waals surface area contributed by atoms with Gasteiger partial charge in [-0.15, -0.1) is 11.8 Å². The molecule has 4 aromatic rings. The van der Waals surface area contributed by atoms with Crippen LogP contribution >= 0.6 is 11.8 Å². The summed E-state index contributed by atoms with van der Waals surface area (Å²) in [5.74, 6) is 1.74. The second-order valence-corrected chi connectivity index (χ2v) is 8.39. The maximum Gasteiger partial charge on any atom is 0.220 e.